The number of nitrogens with two attached hydrogens (primary N) is 1. The van der Waals surface area contributed by atoms with Crippen molar-refractivity contribution in [2.24, 2.45) is 5.92 Å². The van der Waals surface area contributed by atoms with Crippen LogP contribution < -0.4 is 11.1 Å². The summed E-state index contributed by atoms with van der Waals surface area (Å²) in [5, 5.41) is 3.44. The highest BCUT2D eigenvalue weighted by Gasteiger charge is 2.13. The summed E-state index contributed by atoms with van der Waals surface area (Å²) in [5.74, 6) is 0.711. The zero-order valence-electron chi connectivity index (χ0n) is 10.2. The van der Waals surface area contributed by atoms with Gasteiger partial charge in [-0.2, -0.15) is 0 Å². The molecule has 1 aliphatic rings. The zero-order valence-corrected chi connectivity index (χ0v) is 11.1. The lowest BCUT2D eigenvalue weighted by molar-refractivity contribution is 0.0699. The topological polar surface area (TPSA) is 47.3 Å². The van der Waals surface area contributed by atoms with Gasteiger partial charge in [0.05, 0.1) is 11.4 Å². The molecule has 0 aromatic heterocycles. The molecule has 0 unspecified atom stereocenters. The molecule has 0 amide bonds. The molecule has 1 aliphatic heterocycles. The maximum Gasteiger partial charge on any atom is 0.0574 e. The van der Waals surface area contributed by atoms with Crippen LogP contribution in [0.3, 0.4) is 0 Å². The van der Waals surface area contributed by atoms with E-state index < -0.39 is 0 Å². The Labute approximate surface area is 107 Å². The lowest BCUT2D eigenvalue weighted by Gasteiger charge is -2.23. The van der Waals surface area contributed by atoms with Gasteiger partial charge in [-0.1, -0.05) is 0 Å². The molecule has 0 saturated carbocycles. The second kappa shape index (κ2) is 6.17. The number of nitrogen functional groups attached to an aromatic ring is 1. The van der Waals surface area contributed by atoms with Crippen LogP contribution in [0.4, 0.5) is 11.4 Å². The fraction of sp³-hybridized carbons (Fsp3) is 0.538. The molecule has 0 aliphatic carbocycles. The molecule has 1 heterocycles. The van der Waals surface area contributed by atoms with Crippen molar-refractivity contribution in [1.82, 2.24) is 0 Å². The minimum atomic E-state index is 0.711. The highest BCUT2D eigenvalue weighted by atomic mass is 32.2. The Morgan fingerprint density at radius 2 is 2.18 bits per heavy atom. The summed E-state index contributed by atoms with van der Waals surface area (Å²) in [6.07, 6.45) is 4.36. The van der Waals surface area contributed by atoms with Gasteiger partial charge in [0.15, 0.2) is 0 Å². The fourth-order valence-corrected chi connectivity index (χ4v) is 2.48. The maximum absolute atomic E-state index is 6.01. The lowest BCUT2D eigenvalue weighted by Crippen LogP contribution is -2.22. The standard InChI is InChI=1S/C13H20N2OS/c1-17-11-2-3-13(12(14)8-11)15-9-10-4-6-16-7-5-10/h2-3,8,10,15H,4-7,9,14H2,1H3. The molecule has 0 spiro atoms. The molecule has 0 bridgehead atoms. The molecular formula is C13H20N2OS. The van der Waals surface area contributed by atoms with E-state index in [9.17, 15) is 0 Å². The number of rotatable bonds is 4. The number of ether oxygens (including phenoxy) is 1. The summed E-state index contributed by atoms with van der Waals surface area (Å²) in [6, 6.07) is 6.20. The monoisotopic (exact) mass is 252 g/mol. The first-order valence-corrected chi connectivity index (χ1v) is 7.27. The molecule has 3 N–H and O–H groups in total. The van der Waals surface area contributed by atoms with Crippen LogP contribution in [0.15, 0.2) is 23.1 Å². The van der Waals surface area contributed by atoms with E-state index in [0.717, 1.165) is 44.0 Å². The van der Waals surface area contributed by atoms with Crippen molar-refractivity contribution in [1.29, 1.82) is 0 Å². The molecule has 1 aromatic carbocycles. The molecule has 17 heavy (non-hydrogen) atoms. The normalized spacial score (nSPS) is 17.0. The average Bonchev–Trinajstić information content (AvgIpc) is 2.38. The second-order valence-electron chi connectivity index (χ2n) is 4.39. The van der Waals surface area contributed by atoms with Gasteiger partial charge >= 0.3 is 0 Å². The minimum Gasteiger partial charge on any atom is -0.397 e. The summed E-state index contributed by atoms with van der Waals surface area (Å²) in [5.41, 5.74) is 7.90. The molecule has 4 heteroatoms. The number of benzene rings is 1. The van der Waals surface area contributed by atoms with Gasteiger partial charge in [0.2, 0.25) is 0 Å². The summed E-state index contributed by atoms with van der Waals surface area (Å²) in [7, 11) is 0. The zero-order chi connectivity index (χ0) is 12.1. The van der Waals surface area contributed by atoms with Crippen molar-refractivity contribution in [3.8, 4) is 0 Å². The summed E-state index contributed by atoms with van der Waals surface area (Å²) >= 11 is 1.71. The number of hydrogen-bond acceptors (Lipinski definition) is 4. The molecule has 3 nitrogen and oxygen atoms in total. The minimum absolute atomic E-state index is 0.711. The van der Waals surface area contributed by atoms with Crippen molar-refractivity contribution in [3.63, 3.8) is 0 Å². The van der Waals surface area contributed by atoms with Crippen molar-refractivity contribution in [2.45, 2.75) is 17.7 Å². The third kappa shape index (κ3) is 3.54. The lowest BCUT2D eigenvalue weighted by atomic mass is 10.0. The maximum atomic E-state index is 6.01. The van der Waals surface area contributed by atoms with Crippen molar-refractivity contribution >= 4 is 23.1 Å². The summed E-state index contributed by atoms with van der Waals surface area (Å²) in [6.45, 7) is 2.78. The van der Waals surface area contributed by atoms with E-state index in [-0.39, 0.29) is 0 Å². The van der Waals surface area contributed by atoms with Crippen LogP contribution in [0, 0.1) is 5.92 Å². The SMILES string of the molecule is CSc1ccc(NCC2CCOCC2)c(N)c1. The average molecular weight is 252 g/mol. The second-order valence-corrected chi connectivity index (χ2v) is 5.27. The molecule has 1 fully saturated rings. The van der Waals surface area contributed by atoms with Gasteiger partial charge in [-0.3, -0.25) is 0 Å². The highest BCUT2D eigenvalue weighted by Crippen LogP contribution is 2.25. The number of anilines is 2. The van der Waals surface area contributed by atoms with Crippen LogP contribution in [-0.2, 0) is 4.74 Å². The van der Waals surface area contributed by atoms with Gasteiger partial charge in [-0.05, 0) is 43.2 Å². The first kappa shape index (κ1) is 12.6. The van der Waals surface area contributed by atoms with Crippen LogP contribution >= 0.6 is 11.8 Å². The molecule has 1 aromatic rings. The van der Waals surface area contributed by atoms with Gasteiger partial charge < -0.3 is 15.8 Å². The molecule has 2 rings (SSSR count). The van der Waals surface area contributed by atoms with Gasteiger partial charge in [0.25, 0.3) is 0 Å². The van der Waals surface area contributed by atoms with E-state index in [1.54, 1.807) is 11.8 Å². The van der Waals surface area contributed by atoms with E-state index in [0.29, 0.717) is 5.92 Å². The summed E-state index contributed by atoms with van der Waals surface area (Å²) < 4.78 is 5.35. The smallest absolute Gasteiger partial charge is 0.0574 e. The quantitative estimate of drug-likeness (QED) is 0.639. The first-order chi connectivity index (χ1) is 8.29. The largest absolute Gasteiger partial charge is 0.397 e. The Kier molecular flexibility index (Phi) is 4.57. The Morgan fingerprint density at radius 1 is 1.41 bits per heavy atom. The Hall–Kier alpha value is -0.870. The van der Waals surface area contributed by atoms with Gasteiger partial charge in [0.1, 0.15) is 0 Å². The van der Waals surface area contributed by atoms with Crippen LogP contribution in [0.1, 0.15) is 12.8 Å². The van der Waals surface area contributed by atoms with Gasteiger partial charge in [-0.15, -0.1) is 11.8 Å². The van der Waals surface area contributed by atoms with Crippen molar-refractivity contribution in [2.75, 3.05) is 37.1 Å². The van der Waals surface area contributed by atoms with Gasteiger partial charge in [-0.25, -0.2) is 0 Å². The van der Waals surface area contributed by atoms with Crippen molar-refractivity contribution < 1.29 is 4.74 Å². The van der Waals surface area contributed by atoms with E-state index in [4.69, 9.17) is 10.5 Å². The number of thioether (sulfide) groups is 1. The van der Waals surface area contributed by atoms with Crippen molar-refractivity contribution in [3.05, 3.63) is 18.2 Å². The molecule has 0 atom stereocenters. The Balaban J connectivity index is 1.89. The van der Waals surface area contributed by atoms with Gasteiger partial charge in [0, 0.05) is 24.7 Å². The molecule has 0 radical (unpaired) electrons. The van der Waals surface area contributed by atoms with Crippen LogP contribution in [0.2, 0.25) is 0 Å². The Morgan fingerprint density at radius 3 is 2.82 bits per heavy atom. The Bertz CT molecular complexity index is 364. The summed E-state index contributed by atoms with van der Waals surface area (Å²) in [4.78, 5) is 1.21. The first-order valence-electron chi connectivity index (χ1n) is 6.04. The van der Waals surface area contributed by atoms with Crippen LogP contribution in [0.25, 0.3) is 0 Å². The molecule has 94 valence electrons. The predicted octanol–water partition coefficient (Wildman–Crippen LogP) is 2.83. The van der Waals surface area contributed by atoms with E-state index in [1.165, 1.54) is 4.90 Å². The highest BCUT2D eigenvalue weighted by molar-refractivity contribution is 7.98. The number of hydrogen-bond donors (Lipinski definition) is 2. The van der Waals surface area contributed by atoms with Crippen LogP contribution in [0.5, 0.6) is 0 Å². The predicted molar refractivity (Wildman–Crippen MR) is 74.7 cm³/mol. The van der Waals surface area contributed by atoms with Crippen LogP contribution in [-0.4, -0.2) is 26.0 Å². The molecular weight excluding hydrogens is 232 g/mol. The van der Waals surface area contributed by atoms with E-state index in [1.807, 2.05) is 6.07 Å². The fourth-order valence-electron chi connectivity index (χ4n) is 2.03. The third-order valence-electron chi connectivity index (χ3n) is 3.18. The molecule has 1 saturated heterocycles. The van der Waals surface area contributed by atoms with E-state index in [2.05, 4.69) is 23.7 Å². The third-order valence-corrected chi connectivity index (χ3v) is 3.91. The number of nitrogens with one attached hydrogen (secondary N) is 1. The van der Waals surface area contributed by atoms with E-state index >= 15 is 0 Å².